The lowest BCUT2D eigenvalue weighted by molar-refractivity contribution is 0.0595. The molecule has 0 atom stereocenters. The Morgan fingerprint density at radius 1 is 1.38 bits per heavy atom. The predicted molar refractivity (Wildman–Crippen MR) is 74.2 cm³/mol. The summed E-state index contributed by atoms with van der Waals surface area (Å²) in [6, 6.07) is 3.03. The number of methoxy groups -OCH3 is 1. The summed E-state index contributed by atoms with van der Waals surface area (Å²) in [6.07, 6.45) is 5.84. The summed E-state index contributed by atoms with van der Waals surface area (Å²) in [5, 5.41) is 0. The molecule has 2 heterocycles. The van der Waals surface area contributed by atoms with Gasteiger partial charge in [-0.25, -0.2) is 14.2 Å². The Bertz CT molecular complexity index is 747. The number of imidazole rings is 1. The molecule has 1 aromatic heterocycles. The molecule has 0 radical (unpaired) electrons. The Morgan fingerprint density at radius 3 is 2.90 bits per heavy atom. The molecule has 1 aromatic carbocycles. The number of hydrogen-bond acceptors (Lipinski definition) is 3. The van der Waals surface area contributed by atoms with Crippen molar-refractivity contribution in [2.75, 3.05) is 7.11 Å². The van der Waals surface area contributed by atoms with Crippen molar-refractivity contribution in [3.05, 3.63) is 46.8 Å². The molecular weight excluding hydrogens is 271 g/mol. The van der Waals surface area contributed by atoms with Gasteiger partial charge in [0.25, 0.3) is 0 Å². The summed E-state index contributed by atoms with van der Waals surface area (Å²) in [5.74, 6) is -0.583. The third kappa shape index (κ3) is 1.87. The van der Waals surface area contributed by atoms with Crippen LogP contribution in [0.3, 0.4) is 0 Å². The van der Waals surface area contributed by atoms with Gasteiger partial charge < -0.3 is 9.30 Å². The van der Waals surface area contributed by atoms with Gasteiger partial charge in [0, 0.05) is 11.6 Å². The third-order valence-electron chi connectivity index (χ3n) is 4.33. The molecule has 1 aliphatic carbocycles. The van der Waals surface area contributed by atoms with E-state index in [0.29, 0.717) is 5.92 Å². The minimum absolute atomic E-state index is 0.0224. The number of aryl methyl sites for hydroxylation is 1. The van der Waals surface area contributed by atoms with Crippen molar-refractivity contribution < 1.29 is 13.9 Å². The summed E-state index contributed by atoms with van der Waals surface area (Å²) in [5.41, 5.74) is 4.10. The molecule has 1 fully saturated rings. The molecule has 2 aliphatic rings. The monoisotopic (exact) mass is 286 g/mol. The first kappa shape index (κ1) is 12.6. The van der Waals surface area contributed by atoms with Crippen LogP contribution in [0.5, 0.6) is 0 Å². The van der Waals surface area contributed by atoms with E-state index in [4.69, 9.17) is 0 Å². The van der Waals surface area contributed by atoms with Gasteiger partial charge in [0.05, 0.1) is 30.4 Å². The maximum Gasteiger partial charge on any atom is 0.340 e. The quantitative estimate of drug-likeness (QED) is 0.797. The van der Waals surface area contributed by atoms with E-state index in [0.717, 1.165) is 24.1 Å². The SMILES string of the molecule is COC(=O)c1cc2c(cc1F)CCc1c(C3CC3)ncn1-2. The van der Waals surface area contributed by atoms with Crippen LogP contribution in [0.2, 0.25) is 0 Å². The van der Waals surface area contributed by atoms with Gasteiger partial charge in [-0.15, -0.1) is 0 Å². The number of benzene rings is 1. The molecule has 108 valence electrons. The van der Waals surface area contributed by atoms with Gasteiger partial charge in [-0.3, -0.25) is 0 Å². The minimum Gasteiger partial charge on any atom is -0.465 e. The molecule has 5 heteroatoms. The molecule has 1 saturated carbocycles. The Hall–Kier alpha value is -2.17. The van der Waals surface area contributed by atoms with Gasteiger partial charge in [-0.2, -0.15) is 0 Å². The summed E-state index contributed by atoms with van der Waals surface area (Å²) < 4.78 is 20.7. The standard InChI is InChI=1S/C16H15FN2O2/c1-21-16(20)11-7-14-10(6-12(11)17)4-5-13-15(9-2-3-9)18-8-19(13)14/h6-9H,2-5H2,1H3. The smallest absolute Gasteiger partial charge is 0.340 e. The normalized spacial score (nSPS) is 16.3. The first-order chi connectivity index (χ1) is 10.2. The molecule has 1 aliphatic heterocycles. The lowest BCUT2D eigenvalue weighted by atomic mass is 9.97. The number of fused-ring (bicyclic) bond motifs is 3. The number of carbonyl (C=O) groups is 1. The fraction of sp³-hybridized carbons (Fsp3) is 0.375. The van der Waals surface area contributed by atoms with Crippen molar-refractivity contribution in [1.82, 2.24) is 9.55 Å². The number of esters is 1. The van der Waals surface area contributed by atoms with Crippen molar-refractivity contribution >= 4 is 5.97 Å². The molecule has 0 bridgehead atoms. The Morgan fingerprint density at radius 2 is 2.19 bits per heavy atom. The van der Waals surface area contributed by atoms with Crippen molar-refractivity contribution in [3.63, 3.8) is 0 Å². The van der Waals surface area contributed by atoms with Crippen LogP contribution in [0.4, 0.5) is 4.39 Å². The van der Waals surface area contributed by atoms with E-state index in [1.807, 2.05) is 4.57 Å². The third-order valence-corrected chi connectivity index (χ3v) is 4.33. The molecule has 0 unspecified atom stereocenters. The molecule has 4 nitrogen and oxygen atoms in total. The first-order valence-corrected chi connectivity index (χ1v) is 7.16. The largest absolute Gasteiger partial charge is 0.465 e. The average molecular weight is 286 g/mol. The summed E-state index contributed by atoms with van der Waals surface area (Å²) >= 11 is 0. The van der Waals surface area contributed by atoms with Crippen molar-refractivity contribution in [2.24, 2.45) is 0 Å². The average Bonchev–Trinajstić information content (AvgIpc) is 3.24. The van der Waals surface area contributed by atoms with E-state index in [-0.39, 0.29) is 5.56 Å². The van der Waals surface area contributed by atoms with E-state index in [9.17, 15) is 9.18 Å². The number of carbonyl (C=O) groups excluding carboxylic acids is 1. The second kappa shape index (κ2) is 4.41. The van der Waals surface area contributed by atoms with Crippen LogP contribution in [0.15, 0.2) is 18.5 Å². The number of ether oxygens (including phenoxy) is 1. The van der Waals surface area contributed by atoms with Crippen molar-refractivity contribution in [2.45, 2.75) is 31.6 Å². The van der Waals surface area contributed by atoms with Gasteiger partial charge in [0.1, 0.15) is 5.82 Å². The zero-order valence-corrected chi connectivity index (χ0v) is 11.7. The van der Waals surface area contributed by atoms with Crippen LogP contribution < -0.4 is 0 Å². The zero-order chi connectivity index (χ0) is 14.6. The lowest BCUT2D eigenvalue weighted by Gasteiger charge is -2.20. The van der Waals surface area contributed by atoms with E-state index in [1.54, 1.807) is 12.4 Å². The highest BCUT2D eigenvalue weighted by Crippen LogP contribution is 2.42. The minimum atomic E-state index is -0.648. The highest BCUT2D eigenvalue weighted by atomic mass is 19.1. The van der Waals surface area contributed by atoms with E-state index >= 15 is 0 Å². The van der Waals surface area contributed by atoms with Crippen LogP contribution >= 0.6 is 0 Å². The van der Waals surface area contributed by atoms with Crippen LogP contribution in [0, 0.1) is 5.82 Å². The Labute approximate surface area is 121 Å². The van der Waals surface area contributed by atoms with E-state index < -0.39 is 11.8 Å². The zero-order valence-electron chi connectivity index (χ0n) is 11.7. The summed E-state index contributed by atoms with van der Waals surface area (Å²) in [6.45, 7) is 0. The molecule has 2 aromatic rings. The molecule has 0 saturated heterocycles. The molecule has 0 N–H and O–H groups in total. The van der Waals surface area contributed by atoms with Gasteiger partial charge in [-0.05, 0) is 43.4 Å². The van der Waals surface area contributed by atoms with Crippen LogP contribution in [0.1, 0.15) is 46.1 Å². The highest BCUT2D eigenvalue weighted by Gasteiger charge is 2.32. The maximum atomic E-state index is 14.0. The second-order valence-electron chi connectivity index (χ2n) is 5.67. The topological polar surface area (TPSA) is 44.1 Å². The molecule has 0 amide bonds. The Kier molecular flexibility index (Phi) is 2.64. The van der Waals surface area contributed by atoms with E-state index in [2.05, 4.69) is 9.72 Å². The summed E-state index contributed by atoms with van der Waals surface area (Å²) in [7, 11) is 1.26. The molecular formula is C16H15FN2O2. The van der Waals surface area contributed by atoms with Crippen LogP contribution in [-0.4, -0.2) is 22.6 Å². The van der Waals surface area contributed by atoms with Gasteiger partial charge in [0.15, 0.2) is 0 Å². The van der Waals surface area contributed by atoms with Gasteiger partial charge >= 0.3 is 5.97 Å². The van der Waals surface area contributed by atoms with Gasteiger partial charge in [-0.1, -0.05) is 0 Å². The predicted octanol–water partition coefficient (Wildman–Crippen LogP) is 2.77. The number of aromatic nitrogens is 2. The lowest BCUT2D eigenvalue weighted by Crippen LogP contribution is -2.15. The van der Waals surface area contributed by atoms with Gasteiger partial charge in [0.2, 0.25) is 0 Å². The maximum absolute atomic E-state index is 14.0. The highest BCUT2D eigenvalue weighted by molar-refractivity contribution is 5.90. The van der Waals surface area contributed by atoms with Crippen molar-refractivity contribution in [1.29, 1.82) is 0 Å². The van der Waals surface area contributed by atoms with E-state index in [1.165, 1.54) is 37.4 Å². The Balaban J connectivity index is 1.87. The fourth-order valence-electron chi connectivity index (χ4n) is 3.09. The second-order valence-corrected chi connectivity index (χ2v) is 5.67. The van der Waals surface area contributed by atoms with Crippen LogP contribution in [0.25, 0.3) is 5.69 Å². The molecule has 21 heavy (non-hydrogen) atoms. The fourth-order valence-corrected chi connectivity index (χ4v) is 3.09. The first-order valence-electron chi connectivity index (χ1n) is 7.16. The number of rotatable bonds is 2. The number of hydrogen-bond donors (Lipinski definition) is 0. The molecule has 4 rings (SSSR count). The number of nitrogens with zero attached hydrogens (tertiary/aromatic N) is 2. The van der Waals surface area contributed by atoms with Crippen LogP contribution in [-0.2, 0) is 17.6 Å². The number of halogens is 1. The van der Waals surface area contributed by atoms with Crippen molar-refractivity contribution in [3.8, 4) is 5.69 Å². The molecule has 0 spiro atoms. The summed E-state index contributed by atoms with van der Waals surface area (Å²) in [4.78, 5) is 16.2.